The number of carbonyl (C=O) groups is 2. The van der Waals surface area contributed by atoms with Gasteiger partial charge in [0.15, 0.2) is 5.78 Å². The molecule has 0 spiro atoms. The number of rotatable bonds is 4. The van der Waals surface area contributed by atoms with Gasteiger partial charge in [-0.3, -0.25) is 4.79 Å². The molecule has 0 heterocycles. The number of ketones is 1. The number of hydrogen-bond acceptors (Lipinski definition) is 4. The zero-order chi connectivity index (χ0) is 13.0. The first-order chi connectivity index (χ1) is 8.01. The van der Waals surface area contributed by atoms with Gasteiger partial charge in [0.1, 0.15) is 5.75 Å². The van der Waals surface area contributed by atoms with Crippen LogP contribution >= 0.6 is 0 Å². The van der Waals surface area contributed by atoms with Crippen LogP contribution in [0.5, 0.6) is 5.75 Å². The van der Waals surface area contributed by atoms with Crippen LogP contribution in [0.1, 0.15) is 34.6 Å². The second kappa shape index (κ2) is 5.48. The number of carbonyl (C=O) groups excluding carboxylic acids is 2. The first kappa shape index (κ1) is 13.2. The van der Waals surface area contributed by atoms with Crippen molar-refractivity contribution < 1.29 is 19.1 Å². The summed E-state index contributed by atoms with van der Waals surface area (Å²) in [6.45, 7) is 3.63. The van der Waals surface area contributed by atoms with Gasteiger partial charge in [0.2, 0.25) is 0 Å². The van der Waals surface area contributed by atoms with Crippen molar-refractivity contribution in [2.75, 3.05) is 14.2 Å². The van der Waals surface area contributed by atoms with Crippen LogP contribution < -0.4 is 4.74 Å². The minimum atomic E-state index is -0.452. The molecular formula is C13H16O4. The summed E-state index contributed by atoms with van der Waals surface area (Å²) in [5.41, 5.74) is 0.847. The second-order valence-corrected chi connectivity index (χ2v) is 3.93. The van der Waals surface area contributed by atoms with Gasteiger partial charge in [-0.05, 0) is 18.2 Å². The van der Waals surface area contributed by atoms with Crippen molar-refractivity contribution in [3.63, 3.8) is 0 Å². The van der Waals surface area contributed by atoms with Crippen molar-refractivity contribution in [1.82, 2.24) is 0 Å². The predicted octanol–water partition coefficient (Wildman–Crippen LogP) is 2.32. The highest BCUT2D eigenvalue weighted by atomic mass is 16.5. The van der Waals surface area contributed by atoms with E-state index in [4.69, 9.17) is 4.74 Å². The van der Waals surface area contributed by atoms with Gasteiger partial charge in [-0.25, -0.2) is 4.79 Å². The van der Waals surface area contributed by atoms with Crippen LogP contribution in [0.15, 0.2) is 18.2 Å². The molecule has 0 saturated heterocycles. The van der Waals surface area contributed by atoms with Crippen LogP contribution in [0.2, 0.25) is 0 Å². The fourth-order valence-corrected chi connectivity index (χ4v) is 1.45. The summed E-state index contributed by atoms with van der Waals surface area (Å²) >= 11 is 0. The Kier molecular flexibility index (Phi) is 4.26. The van der Waals surface area contributed by atoms with Crippen LogP contribution in [0.4, 0.5) is 0 Å². The molecule has 0 aliphatic rings. The molecule has 1 aromatic rings. The van der Waals surface area contributed by atoms with Gasteiger partial charge >= 0.3 is 5.97 Å². The minimum Gasteiger partial charge on any atom is -0.496 e. The van der Waals surface area contributed by atoms with Gasteiger partial charge < -0.3 is 9.47 Å². The lowest BCUT2D eigenvalue weighted by atomic mass is 9.99. The summed E-state index contributed by atoms with van der Waals surface area (Å²) in [5, 5.41) is 0. The van der Waals surface area contributed by atoms with Gasteiger partial charge in [0, 0.05) is 5.92 Å². The van der Waals surface area contributed by atoms with Crippen LogP contribution in [-0.4, -0.2) is 26.0 Å². The molecule has 0 saturated carbocycles. The van der Waals surface area contributed by atoms with Crippen LogP contribution in [-0.2, 0) is 4.74 Å². The fourth-order valence-electron chi connectivity index (χ4n) is 1.45. The highest BCUT2D eigenvalue weighted by Gasteiger charge is 2.17. The second-order valence-electron chi connectivity index (χ2n) is 3.93. The monoisotopic (exact) mass is 236 g/mol. The molecule has 0 atom stereocenters. The molecule has 0 aromatic heterocycles. The number of benzene rings is 1. The Bertz CT molecular complexity index is 435. The Labute approximate surface area is 101 Å². The molecule has 0 amide bonds. The summed E-state index contributed by atoms with van der Waals surface area (Å²) < 4.78 is 9.73. The number of hydrogen-bond donors (Lipinski definition) is 0. The largest absolute Gasteiger partial charge is 0.496 e. The van der Waals surface area contributed by atoms with Crippen molar-refractivity contribution >= 4 is 11.8 Å². The van der Waals surface area contributed by atoms with E-state index < -0.39 is 5.97 Å². The lowest BCUT2D eigenvalue weighted by Gasteiger charge is -2.10. The van der Waals surface area contributed by atoms with Crippen molar-refractivity contribution in [2.24, 2.45) is 5.92 Å². The zero-order valence-corrected chi connectivity index (χ0v) is 10.4. The summed E-state index contributed by atoms with van der Waals surface area (Å²) in [6.07, 6.45) is 0. The maximum Gasteiger partial charge on any atom is 0.337 e. The topological polar surface area (TPSA) is 52.6 Å². The van der Waals surface area contributed by atoms with E-state index in [9.17, 15) is 9.59 Å². The smallest absolute Gasteiger partial charge is 0.337 e. The molecule has 0 fully saturated rings. The van der Waals surface area contributed by atoms with Gasteiger partial charge in [-0.1, -0.05) is 13.8 Å². The summed E-state index contributed by atoms with van der Waals surface area (Å²) in [6, 6.07) is 4.67. The van der Waals surface area contributed by atoms with E-state index in [0.717, 1.165) is 0 Å². The molecule has 4 nitrogen and oxygen atoms in total. The quantitative estimate of drug-likeness (QED) is 0.594. The Morgan fingerprint density at radius 3 is 2.29 bits per heavy atom. The first-order valence-corrected chi connectivity index (χ1v) is 5.31. The van der Waals surface area contributed by atoms with E-state index in [1.807, 2.05) is 13.8 Å². The van der Waals surface area contributed by atoms with Crippen molar-refractivity contribution in [3.05, 3.63) is 29.3 Å². The SMILES string of the molecule is COC(=O)c1ccc(C(=O)C(C)C)c(OC)c1. The van der Waals surface area contributed by atoms with E-state index in [1.165, 1.54) is 20.3 Å². The highest BCUT2D eigenvalue weighted by Crippen LogP contribution is 2.23. The first-order valence-electron chi connectivity index (χ1n) is 5.31. The number of Topliss-reactive ketones (excluding diaryl/α,β-unsaturated/α-hetero) is 1. The Hall–Kier alpha value is -1.84. The molecule has 0 radical (unpaired) electrons. The van der Waals surface area contributed by atoms with Crippen molar-refractivity contribution in [3.8, 4) is 5.75 Å². The molecule has 1 aromatic carbocycles. The van der Waals surface area contributed by atoms with E-state index in [-0.39, 0.29) is 11.7 Å². The van der Waals surface area contributed by atoms with Crippen LogP contribution in [0.25, 0.3) is 0 Å². The summed E-state index contributed by atoms with van der Waals surface area (Å²) in [7, 11) is 2.77. The molecule has 17 heavy (non-hydrogen) atoms. The van der Waals surface area contributed by atoms with Gasteiger partial charge in [-0.2, -0.15) is 0 Å². The lowest BCUT2D eigenvalue weighted by molar-refractivity contribution is 0.0600. The average molecular weight is 236 g/mol. The van der Waals surface area contributed by atoms with E-state index in [2.05, 4.69) is 4.74 Å². The number of esters is 1. The van der Waals surface area contributed by atoms with E-state index in [0.29, 0.717) is 16.9 Å². The maximum atomic E-state index is 11.9. The minimum absolute atomic E-state index is 0.0155. The van der Waals surface area contributed by atoms with Gasteiger partial charge in [0.05, 0.1) is 25.3 Å². The number of ether oxygens (including phenoxy) is 2. The standard InChI is InChI=1S/C13H16O4/c1-8(2)12(14)10-6-5-9(13(15)17-4)7-11(10)16-3/h5-8H,1-4H3. The highest BCUT2D eigenvalue weighted by molar-refractivity contribution is 6.01. The lowest BCUT2D eigenvalue weighted by Crippen LogP contribution is -2.10. The van der Waals surface area contributed by atoms with Crippen LogP contribution in [0, 0.1) is 5.92 Å². The Morgan fingerprint density at radius 1 is 1.18 bits per heavy atom. The number of methoxy groups -OCH3 is 2. The molecular weight excluding hydrogens is 220 g/mol. The maximum absolute atomic E-state index is 11.9. The summed E-state index contributed by atoms with van der Waals surface area (Å²) in [4.78, 5) is 23.2. The Balaban J connectivity index is 3.18. The third kappa shape index (κ3) is 2.84. The van der Waals surface area contributed by atoms with E-state index in [1.54, 1.807) is 12.1 Å². The third-order valence-electron chi connectivity index (χ3n) is 2.41. The Morgan fingerprint density at radius 2 is 1.82 bits per heavy atom. The van der Waals surface area contributed by atoms with Crippen molar-refractivity contribution in [2.45, 2.75) is 13.8 Å². The predicted molar refractivity (Wildman–Crippen MR) is 63.5 cm³/mol. The van der Waals surface area contributed by atoms with E-state index >= 15 is 0 Å². The fraction of sp³-hybridized carbons (Fsp3) is 0.385. The molecule has 0 bridgehead atoms. The molecule has 4 heteroatoms. The van der Waals surface area contributed by atoms with Crippen LogP contribution in [0.3, 0.4) is 0 Å². The van der Waals surface area contributed by atoms with Gasteiger partial charge in [0.25, 0.3) is 0 Å². The normalized spacial score (nSPS) is 10.2. The van der Waals surface area contributed by atoms with Gasteiger partial charge in [-0.15, -0.1) is 0 Å². The molecule has 0 unspecified atom stereocenters. The van der Waals surface area contributed by atoms with Crippen molar-refractivity contribution in [1.29, 1.82) is 0 Å². The molecule has 1 rings (SSSR count). The molecule has 92 valence electrons. The summed E-state index contributed by atoms with van der Waals surface area (Å²) in [5.74, 6) is -0.190. The molecule has 0 N–H and O–H groups in total. The third-order valence-corrected chi connectivity index (χ3v) is 2.41. The molecule has 0 aliphatic carbocycles. The molecule has 0 aliphatic heterocycles. The zero-order valence-electron chi connectivity index (χ0n) is 10.4. The average Bonchev–Trinajstić information content (AvgIpc) is 2.35.